The normalized spacial score (nSPS) is 10.8. The van der Waals surface area contributed by atoms with Crippen LogP contribution in [-0.4, -0.2) is 29.0 Å². The number of hydrogen-bond donors (Lipinski definition) is 0. The average molecular weight is 369 g/mol. The Morgan fingerprint density at radius 3 is 2.38 bits per heavy atom. The van der Waals surface area contributed by atoms with E-state index in [4.69, 9.17) is 9.47 Å². The predicted molar refractivity (Wildman–Crippen MR) is 104 cm³/mol. The SMILES string of the molecule is COc1cc(C)c(CSc2nnc(Cc3ccccc3)n2C)cc1OC. The van der Waals surface area contributed by atoms with Crippen molar-refractivity contribution >= 4 is 11.8 Å². The Labute approximate surface area is 158 Å². The average Bonchev–Trinajstić information content (AvgIpc) is 3.01. The van der Waals surface area contributed by atoms with Gasteiger partial charge in [0, 0.05) is 19.2 Å². The fourth-order valence-corrected chi connectivity index (χ4v) is 3.72. The van der Waals surface area contributed by atoms with Gasteiger partial charge in [0.05, 0.1) is 14.2 Å². The Balaban J connectivity index is 1.73. The van der Waals surface area contributed by atoms with Gasteiger partial charge in [-0.15, -0.1) is 10.2 Å². The Bertz CT molecular complexity index is 878. The summed E-state index contributed by atoms with van der Waals surface area (Å²) in [5, 5.41) is 9.61. The molecule has 0 radical (unpaired) electrons. The molecule has 0 aliphatic carbocycles. The van der Waals surface area contributed by atoms with Crippen molar-refractivity contribution in [2.24, 2.45) is 7.05 Å². The van der Waals surface area contributed by atoms with Crippen molar-refractivity contribution in [1.82, 2.24) is 14.8 Å². The second kappa shape index (κ2) is 8.27. The van der Waals surface area contributed by atoms with Crippen LogP contribution in [0.4, 0.5) is 0 Å². The number of benzene rings is 2. The van der Waals surface area contributed by atoms with E-state index in [1.807, 2.05) is 37.4 Å². The molecule has 5 nitrogen and oxygen atoms in total. The van der Waals surface area contributed by atoms with Crippen LogP contribution in [0.15, 0.2) is 47.6 Å². The van der Waals surface area contributed by atoms with E-state index in [1.54, 1.807) is 26.0 Å². The first-order valence-corrected chi connectivity index (χ1v) is 9.37. The number of ether oxygens (including phenoxy) is 2. The second-order valence-corrected chi connectivity index (χ2v) is 6.99. The van der Waals surface area contributed by atoms with E-state index in [0.717, 1.165) is 34.7 Å². The van der Waals surface area contributed by atoms with E-state index >= 15 is 0 Å². The molecule has 0 aliphatic rings. The molecule has 3 aromatic rings. The summed E-state index contributed by atoms with van der Waals surface area (Å²) in [6.07, 6.45) is 0.778. The van der Waals surface area contributed by atoms with Crippen LogP contribution in [0, 0.1) is 6.92 Å². The third-order valence-corrected chi connectivity index (χ3v) is 5.40. The summed E-state index contributed by atoms with van der Waals surface area (Å²) in [6.45, 7) is 2.08. The molecule has 3 rings (SSSR count). The van der Waals surface area contributed by atoms with Gasteiger partial charge in [-0.3, -0.25) is 0 Å². The monoisotopic (exact) mass is 369 g/mol. The number of hydrogen-bond acceptors (Lipinski definition) is 5. The van der Waals surface area contributed by atoms with Crippen LogP contribution in [0.3, 0.4) is 0 Å². The lowest BCUT2D eigenvalue weighted by molar-refractivity contribution is 0.354. The van der Waals surface area contributed by atoms with Gasteiger partial charge in [-0.05, 0) is 35.7 Å². The second-order valence-electron chi connectivity index (χ2n) is 6.04. The maximum Gasteiger partial charge on any atom is 0.191 e. The summed E-state index contributed by atoms with van der Waals surface area (Å²) < 4.78 is 12.8. The van der Waals surface area contributed by atoms with Crippen molar-refractivity contribution in [3.63, 3.8) is 0 Å². The van der Waals surface area contributed by atoms with Gasteiger partial charge in [0.25, 0.3) is 0 Å². The molecule has 0 amide bonds. The number of aryl methyl sites for hydroxylation is 1. The smallest absolute Gasteiger partial charge is 0.191 e. The molecule has 26 heavy (non-hydrogen) atoms. The Hall–Kier alpha value is -2.47. The van der Waals surface area contributed by atoms with Crippen molar-refractivity contribution < 1.29 is 9.47 Å². The molecule has 0 atom stereocenters. The Kier molecular flexibility index (Phi) is 5.83. The molecule has 2 aromatic carbocycles. The molecule has 0 fully saturated rings. The van der Waals surface area contributed by atoms with E-state index < -0.39 is 0 Å². The van der Waals surface area contributed by atoms with E-state index in [2.05, 4.69) is 33.8 Å². The largest absolute Gasteiger partial charge is 0.493 e. The standard InChI is InChI=1S/C20H23N3O2S/c1-14-10-17(24-3)18(25-4)12-16(14)13-26-20-22-21-19(23(20)2)11-15-8-6-5-7-9-15/h5-10,12H,11,13H2,1-4H3. The van der Waals surface area contributed by atoms with Crippen molar-refractivity contribution in [3.05, 3.63) is 65.0 Å². The molecular formula is C20H23N3O2S. The number of thioether (sulfide) groups is 1. The maximum atomic E-state index is 5.41. The molecule has 1 aromatic heterocycles. The van der Waals surface area contributed by atoms with Gasteiger partial charge in [-0.2, -0.15) is 0 Å². The van der Waals surface area contributed by atoms with Crippen LogP contribution >= 0.6 is 11.8 Å². The molecule has 0 bridgehead atoms. The molecule has 0 N–H and O–H groups in total. The lowest BCUT2D eigenvalue weighted by atomic mass is 10.1. The lowest BCUT2D eigenvalue weighted by Gasteiger charge is -2.12. The fourth-order valence-electron chi connectivity index (χ4n) is 2.72. The Morgan fingerprint density at radius 2 is 1.69 bits per heavy atom. The minimum absolute atomic E-state index is 0.747. The number of aromatic nitrogens is 3. The van der Waals surface area contributed by atoms with Gasteiger partial charge >= 0.3 is 0 Å². The van der Waals surface area contributed by atoms with Gasteiger partial charge in [0.1, 0.15) is 5.82 Å². The van der Waals surface area contributed by atoms with E-state index in [-0.39, 0.29) is 0 Å². The van der Waals surface area contributed by atoms with Crippen molar-refractivity contribution in [3.8, 4) is 11.5 Å². The van der Waals surface area contributed by atoms with Crippen LogP contribution in [0.2, 0.25) is 0 Å². The number of nitrogens with zero attached hydrogens (tertiary/aromatic N) is 3. The first-order chi connectivity index (χ1) is 12.6. The quantitative estimate of drug-likeness (QED) is 0.589. The molecule has 0 aliphatic heterocycles. The zero-order valence-corrected chi connectivity index (χ0v) is 16.3. The predicted octanol–water partition coefficient (Wildman–Crippen LogP) is 4.02. The zero-order chi connectivity index (χ0) is 18.5. The molecule has 136 valence electrons. The minimum atomic E-state index is 0.747. The van der Waals surface area contributed by atoms with Crippen molar-refractivity contribution in [2.75, 3.05) is 14.2 Å². The number of methoxy groups -OCH3 is 2. The first kappa shape index (κ1) is 18.3. The molecule has 0 unspecified atom stereocenters. The van der Waals surface area contributed by atoms with Crippen molar-refractivity contribution in [2.45, 2.75) is 24.3 Å². The van der Waals surface area contributed by atoms with Gasteiger partial charge in [-0.1, -0.05) is 42.1 Å². The molecule has 6 heteroatoms. The number of rotatable bonds is 7. The van der Waals surface area contributed by atoms with Crippen LogP contribution in [0.1, 0.15) is 22.5 Å². The highest BCUT2D eigenvalue weighted by molar-refractivity contribution is 7.98. The van der Waals surface area contributed by atoms with Gasteiger partial charge in [0.2, 0.25) is 0 Å². The highest BCUT2D eigenvalue weighted by atomic mass is 32.2. The fraction of sp³-hybridized carbons (Fsp3) is 0.300. The van der Waals surface area contributed by atoms with Gasteiger partial charge in [0.15, 0.2) is 16.7 Å². The van der Waals surface area contributed by atoms with Gasteiger partial charge < -0.3 is 14.0 Å². The summed E-state index contributed by atoms with van der Waals surface area (Å²) in [5.74, 6) is 3.26. The summed E-state index contributed by atoms with van der Waals surface area (Å²) >= 11 is 1.67. The lowest BCUT2D eigenvalue weighted by Crippen LogP contribution is -2.00. The van der Waals surface area contributed by atoms with Crippen LogP contribution in [0.25, 0.3) is 0 Å². The molecular weight excluding hydrogens is 346 g/mol. The van der Waals surface area contributed by atoms with Crippen molar-refractivity contribution in [1.29, 1.82) is 0 Å². The first-order valence-electron chi connectivity index (χ1n) is 8.39. The summed E-state index contributed by atoms with van der Waals surface area (Å²) in [4.78, 5) is 0. The molecule has 0 saturated carbocycles. The van der Waals surface area contributed by atoms with Crippen LogP contribution in [-0.2, 0) is 19.2 Å². The van der Waals surface area contributed by atoms with Gasteiger partial charge in [-0.25, -0.2) is 0 Å². The van der Waals surface area contributed by atoms with Crippen LogP contribution in [0.5, 0.6) is 11.5 Å². The summed E-state index contributed by atoms with van der Waals surface area (Å²) in [6, 6.07) is 14.4. The summed E-state index contributed by atoms with van der Waals surface area (Å²) in [7, 11) is 5.32. The van der Waals surface area contributed by atoms with E-state index in [9.17, 15) is 0 Å². The molecule has 0 saturated heterocycles. The topological polar surface area (TPSA) is 49.2 Å². The highest BCUT2D eigenvalue weighted by Crippen LogP contribution is 2.33. The minimum Gasteiger partial charge on any atom is -0.493 e. The molecule has 1 heterocycles. The van der Waals surface area contributed by atoms with E-state index in [0.29, 0.717) is 0 Å². The molecule has 0 spiro atoms. The third kappa shape index (κ3) is 4.02. The Morgan fingerprint density at radius 1 is 1.00 bits per heavy atom. The summed E-state index contributed by atoms with van der Waals surface area (Å²) in [5.41, 5.74) is 3.59. The van der Waals surface area contributed by atoms with E-state index in [1.165, 1.54) is 16.7 Å². The zero-order valence-electron chi connectivity index (χ0n) is 15.5. The highest BCUT2D eigenvalue weighted by Gasteiger charge is 2.13. The van der Waals surface area contributed by atoms with Crippen LogP contribution < -0.4 is 9.47 Å². The third-order valence-electron chi connectivity index (χ3n) is 4.33. The maximum absolute atomic E-state index is 5.41.